The van der Waals surface area contributed by atoms with Crippen molar-refractivity contribution in [3.8, 4) is 11.5 Å². The summed E-state index contributed by atoms with van der Waals surface area (Å²) in [7, 11) is 1.43. The lowest BCUT2D eigenvalue weighted by molar-refractivity contribution is -0.121. The van der Waals surface area contributed by atoms with Crippen molar-refractivity contribution >= 4 is 29.3 Å². The zero-order valence-electron chi connectivity index (χ0n) is 25.2. The Morgan fingerprint density at radius 3 is 2.42 bits per heavy atom. The predicted molar refractivity (Wildman–Crippen MR) is 164 cm³/mol. The van der Waals surface area contributed by atoms with Crippen LogP contribution in [0.1, 0.15) is 44.2 Å². The lowest BCUT2D eigenvalue weighted by atomic mass is 9.89. The van der Waals surface area contributed by atoms with Crippen LogP contribution in [-0.2, 0) is 25.7 Å². The third-order valence-corrected chi connectivity index (χ3v) is 7.54. The summed E-state index contributed by atoms with van der Waals surface area (Å²) in [6.07, 6.45) is -2.31. The molecule has 7 N–H and O–H groups in total. The number of nitrogens with zero attached hydrogens (tertiary/aromatic N) is 1. The fraction of sp³-hybridized carbons (Fsp3) is 0.484. The van der Waals surface area contributed by atoms with Gasteiger partial charge in [-0.2, -0.15) is 0 Å². The molecule has 1 amide bonds. The Hall–Kier alpha value is -3.27. The number of hydrogen-bond donors (Lipinski definition) is 7. The van der Waals surface area contributed by atoms with Crippen molar-refractivity contribution in [2.24, 2.45) is 5.16 Å². The average Bonchev–Trinajstić information content (AvgIpc) is 3.31. The molecule has 13 nitrogen and oxygen atoms in total. The van der Waals surface area contributed by atoms with Crippen molar-refractivity contribution in [3.63, 3.8) is 0 Å². The van der Waals surface area contributed by atoms with Gasteiger partial charge in [-0.1, -0.05) is 35.0 Å². The van der Waals surface area contributed by atoms with Gasteiger partial charge in [-0.05, 0) is 74.6 Å². The van der Waals surface area contributed by atoms with E-state index in [1.54, 1.807) is 38.1 Å². The number of methoxy groups -OCH3 is 1. The zero-order valence-corrected chi connectivity index (χ0v) is 26.0. The number of aromatic hydroxyl groups is 1. The first-order valence-corrected chi connectivity index (χ1v) is 14.7. The largest absolute Gasteiger partial charge is 0.504 e. The molecule has 14 heteroatoms. The monoisotopic (exact) mass is 652 g/mol. The smallest absolute Gasteiger partial charge is 0.247 e. The van der Waals surface area contributed by atoms with Gasteiger partial charge in [-0.3, -0.25) is 4.79 Å². The van der Waals surface area contributed by atoms with Crippen LogP contribution in [0.2, 0.25) is 5.02 Å². The minimum Gasteiger partial charge on any atom is -0.504 e. The van der Waals surface area contributed by atoms with Crippen LogP contribution in [0.3, 0.4) is 0 Å². The van der Waals surface area contributed by atoms with E-state index < -0.39 is 55.6 Å². The lowest BCUT2D eigenvalue weighted by Gasteiger charge is -2.32. The second kappa shape index (κ2) is 17.4. The summed E-state index contributed by atoms with van der Waals surface area (Å²) in [6.45, 7) is 2.70. The second-order valence-electron chi connectivity index (χ2n) is 10.6. The Morgan fingerprint density at radius 2 is 1.80 bits per heavy atom. The van der Waals surface area contributed by atoms with Crippen LogP contribution >= 0.6 is 11.6 Å². The van der Waals surface area contributed by atoms with E-state index in [1.165, 1.54) is 19.2 Å². The molecule has 1 saturated carbocycles. The third-order valence-electron chi connectivity index (χ3n) is 7.30. The van der Waals surface area contributed by atoms with E-state index in [9.17, 15) is 25.2 Å². The van der Waals surface area contributed by atoms with E-state index in [-0.39, 0.29) is 18.1 Å². The number of phenols is 1. The van der Waals surface area contributed by atoms with Gasteiger partial charge < -0.3 is 55.0 Å². The zero-order chi connectivity index (χ0) is 33.1. The van der Waals surface area contributed by atoms with Gasteiger partial charge in [0.1, 0.15) is 31.7 Å². The molecule has 248 valence electrons. The molecular weight excluding hydrogens is 612 g/mol. The van der Waals surface area contributed by atoms with Crippen LogP contribution in [0.5, 0.6) is 11.5 Å². The number of carbonyl (C=O) groups excluding carboxylic acids is 1. The highest BCUT2D eigenvalue weighted by Gasteiger charge is 2.47. The van der Waals surface area contributed by atoms with Crippen LogP contribution in [0.25, 0.3) is 6.08 Å². The molecule has 2 aromatic carbocycles. The first-order valence-electron chi connectivity index (χ1n) is 14.3. The highest BCUT2D eigenvalue weighted by molar-refractivity contribution is 6.30. The van der Waals surface area contributed by atoms with Crippen LogP contribution in [-0.4, -0.2) is 99.0 Å². The summed E-state index contributed by atoms with van der Waals surface area (Å²) in [5, 5.41) is 63.3. The van der Waals surface area contributed by atoms with Crippen LogP contribution in [0.4, 0.5) is 0 Å². The summed E-state index contributed by atoms with van der Waals surface area (Å²) in [6, 6.07) is 11.0. The van der Waals surface area contributed by atoms with E-state index in [2.05, 4.69) is 10.5 Å². The Bertz CT molecular complexity index is 1310. The minimum absolute atomic E-state index is 0.0501. The molecule has 7 atom stereocenters. The number of ether oxygens (including phenoxy) is 3. The average molecular weight is 653 g/mol. The summed E-state index contributed by atoms with van der Waals surface area (Å²) in [5.74, 6) is -0.625. The molecule has 0 aromatic heterocycles. The molecule has 2 aromatic rings. The molecule has 45 heavy (non-hydrogen) atoms. The van der Waals surface area contributed by atoms with Crippen molar-refractivity contribution in [1.82, 2.24) is 5.32 Å². The van der Waals surface area contributed by atoms with Gasteiger partial charge in [-0.15, -0.1) is 0 Å². The molecule has 0 radical (unpaired) electrons. The van der Waals surface area contributed by atoms with Gasteiger partial charge in [0.05, 0.1) is 24.0 Å². The minimum atomic E-state index is -1.20. The molecular formula is C31H41ClN2O11. The second-order valence-corrected chi connectivity index (χ2v) is 11.1. The number of rotatable bonds is 10. The molecule has 0 bridgehead atoms. The number of aliphatic hydroxyl groups is 5. The summed E-state index contributed by atoms with van der Waals surface area (Å²) in [4.78, 5) is 18.1. The molecule has 1 aliphatic heterocycles. The Balaban J connectivity index is 0.00000177. The molecule has 2 fully saturated rings. The number of amides is 1. The highest BCUT2D eigenvalue weighted by atomic mass is 35.5. The van der Waals surface area contributed by atoms with Gasteiger partial charge in [-0.25, -0.2) is 0 Å². The normalized spacial score (nSPS) is 26.9. The lowest BCUT2D eigenvalue weighted by Crippen LogP contribution is -2.53. The van der Waals surface area contributed by atoms with Crippen LogP contribution in [0.15, 0.2) is 53.2 Å². The molecule has 4 rings (SSSR count). The van der Waals surface area contributed by atoms with Crippen molar-refractivity contribution in [1.29, 1.82) is 0 Å². The molecule has 1 saturated heterocycles. The van der Waals surface area contributed by atoms with E-state index in [4.69, 9.17) is 40.9 Å². The maximum Gasteiger partial charge on any atom is 0.247 e. The number of aliphatic hydroxyl groups excluding tert-OH is 4. The van der Waals surface area contributed by atoms with Gasteiger partial charge >= 0.3 is 0 Å². The van der Waals surface area contributed by atoms with E-state index in [0.717, 1.165) is 5.56 Å². The van der Waals surface area contributed by atoms with Crippen LogP contribution in [0, 0.1) is 0 Å². The molecule has 1 aliphatic carbocycles. The van der Waals surface area contributed by atoms with E-state index in [0.29, 0.717) is 41.1 Å². The SMILES string of the molecule is COC1C(/C(C)=N/OCc2cccc(Cl)c2)OC(Oc2ccc(/C=C(\C)C(=O)NC3[C@H](O)CCC[C@@H]3O)cc2O)[C@H]1O.OCO. The number of hydrogen-bond acceptors (Lipinski definition) is 12. The number of nitrogens with one attached hydrogen (secondary N) is 1. The van der Waals surface area contributed by atoms with Gasteiger partial charge in [0.25, 0.3) is 0 Å². The van der Waals surface area contributed by atoms with E-state index in [1.807, 2.05) is 12.1 Å². The Labute approximate surface area is 266 Å². The van der Waals surface area contributed by atoms with Gasteiger partial charge in [0, 0.05) is 17.7 Å². The number of phenolic OH excluding ortho intramolecular Hbond substituents is 1. The maximum atomic E-state index is 12.7. The van der Waals surface area contributed by atoms with Crippen molar-refractivity contribution in [2.75, 3.05) is 13.9 Å². The van der Waals surface area contributed by atoms with Crippen LogP contribution < -0.4 is 10.1 Å². The summed E-state index contributed by atoms with van der Waals surface area (Å²) >= 11 is 6.00. The summed E-state index contributed by atoms with van der Waals surface area (Å²) in [5.41, 5.74) is 2.08. The molecule has 2 aliphatic rings. The summed E-state index contributed by atoms with van der Waals surface area (Å²) < 4.78 is 17.1. The number of oxime groups is 1. The highest BCUT2D eigenvalue weighted by Crippen LogP contribution is 2.33. The van der Waals surface area contributed by atoms with E-state index >= 15 is 0 Å². The third kappa shape index (κ3) is 10.1. The fourth-order valence-corrected chi connectivity index (χ4v) is 5.21. The number of benzene rings is 2. The number of halogens is 1. The standard InChI is InChI=1S/C30H37ClN2O9.CH4O2/c1-16(29(38)32-25-21(34)8-5-9-22(25)35)12-18-10-11-24(23(36)14-18)41-30-26(37)28(39-3)27(42-30)17(2)33-40-15-19-6-4-7-20(31)13-19;2-1-3/h4,6-7,10-14,21-22,25-28,30,34-37H,5,8-9,15H2,1-3H3,(H,32,38);2-3H,1H2/b16-12+,33-17+;/t21-,22+,25?,26-,27?,28?,30?;/m0./s1. The molecule has 1 heterocycles. The van der Waals surface area contributed by atoms with Crippen molar-refractivity contribution < 1.29 is 54.5 Å². The Kier molecular flexibility index (Phi) is 14.0. The Morgan fingerprint density at radius 1 is 1.11 bits per heavy atom. The quantitative estimate of drug-likeness (QED) is 0.0855. The van der Waals surface area contributed by atoms with Crippen molar-refractivity contribution in [3.05, 3.63) is 64.2 Å². The first-order chi connectivity index (χ1) is 21.5. The predicted octanol–water partition coefficient (Wildman–Crippen LogP) is 1.84. The first kappa shape index (κ1) is 36.2. The maximum absolute atomic E-state index is 12.7. The molecule has 0 spiro atoms. The van der Waals surface area contributed by atoms with Crippen molar-refractivity contribution in [2.45, 2.75) is 82.6 Å². The fourth-order valence-electron chi connectivity index (χ4n) is 4.99. The molecule has 4 unspecified atom stereocenters. The topological polar surface area (TPSA) is 200 Å². The van der Waals surface area contributed by atoms with Gasteiger partial charge in [0.15, 0.2) is 11.5 Å². The number of carbonyl (C=O) groups is 1. The van der Waals surface area contributed by atoms with Gasteiger partial charge in [0.2, 0.25) is 12.2 Å².